The van der Waals surface area contributed by atoms with Gasteiger partial charge in [0.25, 0.3) is 0 Å². The Labute approximate surface area is 506 Å². The number of rotatable bonds is 40. The van der Waals surface area contributed by atoms with Gasteiger partial charge < -0.3 is 100 Å². The number of nitrogens with one attached hydrogen (secondary N) is 4. The van der Waals surface area contributed by atoms with Crippen LogP contribution in [-0.4, -0.2) is 214 Å². The minimum absolute atomic E-state index is 0.00653. The number of carboxylic acid groups (broad SMARTS) is 1. The lowest BCUT2D eigenvalue weighted by molar-refractivity contribution is -0.148. The zero-order valence-corrected chi connectivity index (χ0v) is 49.3. The standard InChI is InChI=1S/C56H74F2N6O23S/c1-30(24-60-43(70)13-17-83-19-20-84-18-14-59-56(80)34(62-44(71)28-64-46(73)8-9-47(64)74)5-7-42(69)61-25-36(67)52(78)53(79)37(68)29-65)87-49(77)12-6-35(66)41-22-32-40(88-41)23-39(82-3)55(50(32)57)86-16-4-15-85-54-38(81-2)21-31-26-63(27-33(31)51(54)58)45(72)10-11-48(75)76/h8-9,21-23,30,34,36-37,52-53,65,67-68,73-74,78-79H,4-7,10-20,24-29H2,1-3H3,(H,59,80)(H,60,70)(H,61,69)(H,62,71)(H,75,76)/t30-,34-,36-,37+,52+,53+/m0/s1. The van der Waals surface area contributed by atoms with Crippen LogP contribution in [0.25, 0.3) is 10.1 Å². The maximum Gasteiger partial charge on any atom is 0.306 e. The van der Waals surface area contributed by atoms with E-state index in [0.717, 1.165) is 28.0 Å². The third kappa shape index (κ3) is 21.1. The Bertz CT molecular complexity index is 3030. The molecule has 0 aliphatic carbocycles. The molecule has 4 aromatic rings. The van der Waals surface area contributed by atoms with Crippen molar-refractivity contribution < 1.29 is 121 Å². The van der Waals surface area contributed by atoms with Crippen LogP contribution in [0, 0.1) is 11.6 Å². The van der Waals surface area contributed by atoms with Crippen LogP contribution < -0.4 is 40.2 Å². The van der Waals surface area contributed by atoms with E-state index in [-0.39, 0.29) is 150 Å². The molecule has 0 spiro atoms. The van der Waals surface area contributed by atoms with Gasteiger partial charge in [-0.2, -0.15) is 0 Å². The van der Waals surface area contributed by atoms with E-state index in [4.69, 9.17) is 43.4 Å². The molecule has 2 aromatic carbocycles. The van der Waals surface area contributed by atoms with E-state index in [0.29, 0.717) is 10.3 Å². The number of aromatic nitrogens is 1. The number of esters is 1. The van der Waals surface area contributed by atoms with Crippen LogP contribution in [0.3, 0.4) is 0 Å². The number of aromatic hydroxyl groups is 2. The van der Waals surface area contributed by atoms with Crippen LogP contribution in [0.2, 0.25) is 0 Å². The first-order chi connectivity index (χ1) is 42.0. The summed E-state index contributed by atoms with van der Waals surface area (Å²) < 4.78 is 71.3. The molecule has 3 heterocycles. The van der Waals surface area contributed by atoms with E-state index >= 15 is 8.78 Å². The summed E-state index contributed by atoms with van der Waals surface area (Å²) >= 11 is 0.985. The van der Waals surface area contributed by atoms with E-state index in [1.165, 1.54) is 38.2 Å². The summed E-state index contributed by atoms with van der Waals surface area (Å²) in [5, 5.41) is 87.0. The first-order valence-electron chi connectivity index (χ1n) is 27.8. The number of halogens is 2. The molecule has 12 N–H and O–H groups in total. The quantitative estimate of drug-likeness (QED) is 0.0159. The molecule has 1 aliphatic rings. The summed E-state index contributed by atoms with van der Waals surface area (Å²) in [6, 6.07) is 5.35. The SMILES string of the molecule is COc1cc2c(c(F)c1OCCCOc1c(OC)cc3sc(C(=O)CCC(=O)O[C@@H](C)CNC(=O)CCOCCOCCNC(=O)[C@H](CCC(=O)NC[C@H](O)[C@@H](O)[C@H](O)[C@H](O)CO)NC(=O)Cn4c(O)ccc4O)cc3c1F)CN(C(=O)CCC(=O)O)C2. The molecular weight excluding hydrogens is 1190 g/mol. The average Bonchev–Trinajstić information content (AvgIpc) is 1.71. The Morgan fingerprint density at radius 2 is 1.32 bits per heavy atom. The number of Topliss-reactive ketones (excluding diaryl/α,β-unsaturated/α-hetero) is 1. The van der Waals surface area contributed by atoms with Crippen molar-refractivity contribution in [1.82, 2.24) is 30.7 Å². The second-order valence-electron chi connectivity index (χ2n) is 20.0. The van der Waals surface area contributed by atoms with Crippen molar-refractivity contribution in [2.24, 2.45) is 0 Å². The molecule has 5 amide bonds. The van der Waals surface area contributed by atoms with E-state index in [1.54, 1.807) is 6.07 Å². The normalized spacial score (nSPS) is 14.0. The third-order valence-electron chi connectivity index (χ3n) is 13.4. The van der Waals surface area contributed by atoms with Crippen molar-refractivity contribution in [3.8, 4) is 34.8 Å². The van der Waals surface area contributed by atoms with Gasteiger partial charge in [-0.15, -0.1) is 11.3 Å². The number of carbonyl (C=O) groups excluding carboxylic acids is 7. The number of carbonyl (C=O) groups is 8. The summed E-state index contributed by atoms with van der Waals surface area (Å²) in [6.07, 6.45) is -9.90. The predicted octanol–water partition coefficient (Wildman–Crippen LogP) is 0.0319. The molecule has 0 fully saturated rings. The lowest BCUT2D eigenvalue weighted by Gasteiger charge is -2.25. The van der Waals surface area contributed by atoms with Gasteiger partial charge in [0.05, 0.1) is 90.8 Å². The highest BCUT2D eigenvalue weighted by Crippen LogP contribution is 2.41. The number of aliphatic hydroxyl groups excluding tert-OH is 5. The average molecular weight is 1270 g/mol. The van der Waals surface area contributed by atoms with Crippen LogP contribution >= 0.6 is 11.3 Å². The molecule has 1 aliphatic heterocycles. The number of hydrogen-bond donors (Lipinski definition) is 12. The molecule has 6 atom stereocenters. The van der Waals surface area contributed by atoms with Crippen molar-refractivity contribution in [1.29, 1.82) is 0 Å². The minimum atomic E-state index is -1.93. The second-order valence-corrected chi connectivity index (χ2v) is 21.1. The van der Waals surface area contributed by atoms with Crippen LogP contribution in [0.4, 0.5) is 8.78 Å². The predicted molar refractivity (Wildman–Crippen MR) is 302 cm³/mol. The molecule has 5 rings (SSSR count). The van der Waals surface area contributed by atoms with Crippen molar-refractivity contribution in [3.05, 3.63) is 58.0 Å². The van der Waals surface area contributed by atoms with E-state index in [9.17, 15) is 69.0 Å². The second kappa shape index (κ2) is 35.1. The Hall–Kier alpha value is -7.98. The number of nitrogens with zero attached hydrogens (tertiary/aromatic N) is 2. The number of aliphatic hydroxyl groups is 5. The van der Waals surface area contributed by atoms with Crippen molar-refractivity contribution in [2.75, 3.05) is 80.1 Å². The molecular formula is C56H74F2N6O23S. The number of methoxy groups -OCH3 is 2. The number of ether oxygens (including phenoxy) is 7. The van der Waals surface area contributed by atoms with Crippen molar-refractivity contribution in [3.63, 3.8) is 0 Å². The number of fused-ring (bicyclic) bond motifs is 2. The third-order valence-corrected chi connectivity index (χ3v) is 14.5. The van der Waals surface area contributed by atoms with Gasteiger partial charge in [-0.05, 0) is 31.0 Å². The van der Waals surface area contributed by atoms with Gasteiger partial charge in [-0.1, -0.05) is 0 Å². The monoisotopic (exact) mass is 1270 g/mol. The number of aliphatic carboxylic acids is 1. The highest BCUT2D eigenvalue weighted by atomic mass is 32.1. The highest BCUT2D eigenvalue weighted by molar-refractivity contribution is 7.20. The largest absolute Gasteiger partial charge is 0.494 e. The van der Waals surface area contributed by atoms with Crippen LogP contribution in [0.15, 0.2) is 30.3 Å². The zero-order valence-electron chi connectivity index (χ0n) is 48.5. The maximum atomic E-state index is 15.9. The van der Waals surface area contributed by atoms with Gasteiger partial charge in [0.15, 0.2) is 52.2 Å². The molecule has 0 radical (unpaired) electrons. The van der Waals surface area contributed by atoms with Gasteiger partial charge in [-0.3, -0.25) is 42.9 Å². The summed E-state index contributed by atoms with van der Waals surface area (Å²) in [5.74, 6) is -8.16. The number of ketones is 1. The summed E-state index contributed by atoms with van der Waals surface area (Å²) in [4.78, 5) is 102. The zero-order chi connectivity index (χ0) is 64.6. The Balaban J connectivity index is 0.955. The van der Waals surface area contributed by atoms with Gasteiger partial charge in [0, 0.05) is 92.1 Å². The number of amides is 5. The van der Waals surface area contributed by atoms with Crippen LogP contribution in [0.5, 0.6) is 34.8 Å². The summed E-state index contributed by atoms with van der Waals surface area (Å²) in [6.45, 7) is -0.777. The molecule has 29 nitrogen and oxygen atoms in total. The number of carboxylic acids is 1. The molecule has 0 saturated carbocycles. The van der Waals surface area contributed by atoms with Gasteiger partial charge >= 0.3 is 11.9 Å². The van der Waals surface area contributed by atoms with Gasteiger partial charge in [0.2, 0.25) is 29.5 Å². The fourth-order valence-electron chi connectivity index (χ4n) is 8.62. The Morgan fingerprint density at radius 3 is 1.98 bits per heavy atom. The van der Waals surface area contributed by atoms with Crippen LogP contribution in [-0.2, 0) is 67.4 Å². The number of hydrogen-bond acceptors (Lipinski definition) is 23. The molecule has 0 unspecified atom stereocenters. The minimum Gasteiger partial charge on any atom is -0.494 e. The fraction of sp³-hybridized carbons (Fsp3) is 0.536. The lowest BCUT2D eigenvalue weighted by atomic mass is 10.0. The molecule has 0 saturated heterocycles. The Morgan fingerprint density at radius 1 is 0.693 bits per heavy atom. The maximum absolute atomic E-state index is 15.9. The number of benzene rings is 2. The molecule has 88 heavy (non-hydrogen) atoms. The van der Waals surface area contributed by atoms with Gasteiger partial charge in [0.1, 0.15) is 37.0 Å². The first kappa shape index (κ1) is 70.8. The lowest BCUT2D eigenvalue weighted by Crippen LogP contribution is -2.50. The first-order valence-corrected chi connectivity index (χ1v) is 28.6. The van der Waals surface area contributed by atoms with Crippen molar-refractivity contribution >= 4 is 68.7 Å². The topological polar surface area (TPSA) is 419 Å². The number of thiophene rings is 1. The summed E-state index contributed by atoms with van der Waals surface area (Å²) in [7, 11) is 2.64. The molecule has 32 heteroatoms. The van der Waals surface area contributed by atoms with E-state index < -0.39 is 133 Å². The smallest absolute Gasteiger partial charge is 0.306 e. The van der Waals surface area contributed by atoms with Crippen LogP contribution in [0.1, 0.15) is 79.1 Å². The summed E-state index contributed by atoms with van der Waals surface area (Å²) in [5.41, 5.74) is 0.714. The highest BCUT2D eigenvalue weighted by Gasteiger charge is 2.33. The van der Waals surface area contributed by atoms with Gasteiger partial charge in [-0.25, -0.2) is 8.78 Å². The molecule has 486 valence electrons. The molecule has 2 aromatic heterocycles. The van der Waals surface area contributed by atoms with Crippen molar-refractivity contribution in [2.45, 2.75) is 114 Å². The molecule has 0 bridgehead atoms. The Kier molecular flexibility index (Phi) is 28.3. The van der Waals surface area contributed by atoms with E-state index in [1.807, 2.05) is 0 Å². The van der Waals surface area contributed by atoms with E-state index in [2.05, 4.69) is 21.3 Å². The fourth-order valence-corrected chi connectivity index (χ4v) is 9.67.